The number of halogens is 1. The van der Waals surface area contributed by atoms with E-state index in [1.165, 1.54) is 0 Å². The number of nitrogens with one attached hydrogen (secondary N) is 1. The largest absolute Gasteiger partial charge is 0.444 e. The molecule has 1 aromatic rings. The number of carbonyl (C=O) groups is 2. The molecule has 0 aromatic carbocycles. The van der Waals surface area contributed by atoms with Gasteiger partial charge in [-0.15, -0.1) is 5.10 Å². The molecular weight excluding hydrogens is 294 g/mol. The van der Waals surface area contributed by atoms with Crippen LogP contribution in [0.1, 0.15) is 44.5 Å². The van der Waals surface area contributed by atoms with Crippen molar-refractivity contribution in [2.45, 2.75) is 52.7 Å². The van der Waals surface area contributed by atoms with Crippen LogP contribution in [0.4, 0.5) is 4.79 Å². The summed E-state index contributed by atoms with van der Waals surface area (Å²) in [6.07, 6.45) is -0.103. The zero-order valence-electron chi connectivity index (χ0n) is 13.1. The maximum Gasteiger partial charge on any atom is 0.408 e. The van der Waals surface area contributed by atoms with Gasteiger partial charge in [0.25, 0.3) is 0 Å². The van der Waals surface area contributed by atoms with Gasteiger partial charge < -0.3 is 14.8 Å². The molecule has 0 aliphatic heterocycles. The number of aryl methyl sites for hydroxylation is 1. The minimum Gasteiger partial charge on any atom is -0.444 e. The van der Waals surface area contributed by atoms with Gasteiger partial charge in [-0.05, 0) is 47.1 Å². The fourth-order valence-corrected chi connectivity index (χ4v) is 2.23. The third-order valence-corrected chi connectivity index (χ3v) is 3.19. The highest BCUT2D eigenvalue weighted by molar-refractivity contribution is 6.30. The zero-order valence-corrected chi connectivity index (χ0v) is 13.8. The molecule has 7 heteroatoms. The summed E-state index contributed by atoms with van der Waals surface area (Å²) in [5, 5.41) is 10.3. The molecule has 1 aromatic heterocycles. The molecule has 21 heavy (non-hydrogen) atoms. The monoisotopic (exact) mass is 313 g/mol. The molecule has 1 rings (SSSR count). The van der Waals surface area contributed by atoms with Crippen molar-refractivity contribution in [3.05, 3.63) is 22.0 Å². The number of hydrogen-bond acceptors (Lipinski definition) is 5. The van der Waals surface area contributed by atoms with Crippen LogP contribution in [0.25, 0.3) is 0 Å². The number of hydrogen-bond donors (Lipinski definition) is 1. The summed E-state index contributed by atoms with van der Waals surface area (Å²) in [6.45, 7) is 10.3. The summed E-state index contributed by atoms with van der Waals surface area (Å²) in [5.41, 5.74) is -0.268. The van der Waals surface area contributed by atoms with E-state index >= 15 is 0 Å². The second kappa shape index (κ2) is 5.97. The Hall–Kier alpha value is -1.69. The lowest BCUT2D eigenvalue weighted by Gasteiger charge is -2.29. The van der Waals surface area contributed by atoms with Crippen molar-refractivity contribution in [1.29, 1.82) is 0 Å². The Balaban J connectivity index is 3.20. The lowest BCUT2D eigenvalue weighted by molar-refractivity contribution is -0.113. The van der Waals surface area contributed by atoms with Crippen LogP contribution in [0.3, 0.4) is 0 Å². The first-order valence-electron chi connectivity index (χ1n) is 6.47. The van der Waals surface area contributed by atoms with Crippen LogP contribution in [0, 0.1) is 13.8 Å². The third kappa shape index (κ3) is 4.14. The van der Waals surface area contributed by atoms with Gasteiger partial charge in [0.2, 0.25) is 0 Å². The molecule has 0 aliphatic carbocycles. The summed E-state index contributed by atoms with van der Waals surface area (Å²) in [4.78, 5) is 23.5. The van der Waals surface area contributed by atoms with E-state index in [9.17, 15) is 9.59 Å². The number of aromatic nitrogens is 2. The SMILES string of the molecule is Cc1nnc(Cl)c(C(C)(C=O)NC(=O)OC(C)(C)C)c1C. The van der Waals surface area contributed by atoms with Crippen LogP contribution >= 0.6 is 11.6 Å². The maximum absolute atomic E-state index is 11.9. The summed E-state index contributed by atoms with van der Waals surface area (Å²) >= 11 is 6.06. The van der Waals surface area contributed by atoms with E-state index < -0.39 is 17.2 Å². The van der Waals surface area contributed by atoms with Gasteiger partial charge in [0.15, 0.2) is 5.15 Å². The van der Waals surface area contributed by atoms with E-state index in [0.717, 1.165) is 0 Å². The van der Waals surface area contributed by atoms with Crippen molar-refractivity contribution < 1.29 is 14.3 Å². The average Bonchev–Trinajstić information content (AvgIpc) is 2.31. The number of alkyl carbamates (subject to hydrolysis) is 1. The molecule has 0 bridgehead atoms. The van der Waals surface area contributed by atoms with Crippen molar-refractivity contribution >= 4 is 24.0 Å². The Bertz CT molecular complexity index is 569. The molecule has 0 saturated carbocycles. The standard InChI is InChI=1S/C14H20ClN3O3/c1-8-9(2)17-18-11(15)10(8)14(6,7-19)16-12(20)21-13(3,4)5/h7H,1-6H3,(H,16,20). The Labute approximate surface area is 129 Å². The first-order chi connectivity index (χ1) is 9.50. The van der Waals surface area contributed by atoms with Crippen LogP contribution in [-0.2, 0) is 15.1 Å². The molecule has 1 atom stereocenters. The molecule has 0 fully saturated rings. The summed E-state index contributed by atoms with van der Waals surface area (Å²) in [5.74, 6) is 0. The van der Waals surface area contributed by atoms with Gasteiger partial charge in [0.1, 0.15) is 17.4 Å². The van der Waals surface area contributed by atoms with Crippen molar-refractivity contribution in [3.8, 4) is 0 Å². The Morgan fingerprint density at radius 1 is 1.24 bits per heavy atom. The molecule has 1 heterocycles. The van der Waals surface area contributed by atoms with Crippen molar-refractivity contribution in [3.63, 3.8) is 0 Å². The van der Waals surface area contributed by atoms with Gasteiger partial charge in [-0.3, -0.25) is 0 Å². The third-order valence-electron chi connectivity index (χ3n) is 2.93. The van der Waals surface area contributed by atoms with Crippen molar-refractivity contribution in [2.75, 3.05) is 0 Å². The molecule has 1 N–H and O–H groups in total. The summed E-state index contributed by atoms with van der Waals surface area (Å²) in [7, 11) is 0. The second-order valence-corrected chi connectivity index (χ2v) is 6.38. The van der Waals surface area contributed by atoms with Gasteiger partial charge in [-0.25, -0.2) is 4.79 Å². The topological polar surface area (TPSA) is 81.2 Å². The highest BCUT2D eigenvalue weighted by Crippen LogP contribution is 2.29. The number of nitrogens with zero attached hydrogens (tertiary/aromatic N) is 2. The van der Waals surface area contributed by atoms with E-state index in [0.29, 0.717) is 23.1 Å². The van der Waals surface area contributed by atoms with Crippen LogP contribution in [0.5, 0.6) is 0 Å². The molecule has 0 radical (unpaired) electrons. The summed E-state index contributed by atoms with van der Waals surface area (Å²) < 4.78 is 5.18. The molecule has 0 spiro atoms. The number of carbonyl (C=O) groups excluding carboxylic acids is 2. The van der Waals surface area contributed by atoms with Gasteiger partial charge in [-0.1, -0.05) is 11.6 Å². The Morgan fingerprint density at radius 3 is 2.29 bits per heavy atom. The highest BCUT2D eigenvalue weighted by atomic mass is 35.5. The minimum absolute atomic E-state index is 0.0729. The van der Waals surface area contributed by atoms with Gasteiger partial charge in [0.05, 0.1) is 5.69 Å². The molecule has 6 nitrogen and oxygen atoms in total. The van der Waals surface area contributed by atoms with Crippen LogP contribution in [-0.4, -0.2) is 28.2 Å². The number of ether oxygens (including phenoxy) is 1. The van der Waals surface area contributed by atoms with E-state index in [2.05, 4.69) is 15.5 Å². The lowest BCUT2D eigenvalue weighted by Crippen LogP contribution is -2.47. The lowest BCUT2D eigenvalue weighted by atomic mass is 9.91. The van der Waals surface area contributed by atoms with E-state index in [-0.39, 0.29) is 5.15 Å². The van der Waals surface area contributed by atoms with Gasteiger partial charge >= 0.3 is 6.09 Å². The van der Waals surface area contributed by atoms with E-state index in [1.807, 2.05) is 0 Å². The molecule has 1 amide bonds. The molecular formula is C14H20ClN3O3. The second-order valence-electron chi connectivity index (χ2n) is 6.02. The number of amides is 1. The smallest absolute Gasteiger partial charge is 0.408 e. The molecule has 0 aliphatic rings. The summed E-state index contributed by atoms with van der Waals surface area (Å²) in [6, 6.07) is 0. The first-order valence-corrected chi connectivity index (χ1v) is 6.85. The Morgan fingerprint density at radius 2 is 1.81 bits per heavy atom. The quantitative estimate of drug-likeness (QED) is 0.868. The molecule has 0 saturated heterocycles. The zero-order chi connectivity index (χ0) is 16.4. The van der Waals surface area contributed by atoms with Gasteiger partial charge in [0, 0.05) is 5.56 Å². The van der Waals surface area contributed by atoms with E-state index in [1.54, 1.807) is 41.5 Å². The molecule has 1 unspecified atom stereocenters. The fourth-order valence-electron chi connectivity index (χ4n) is 1.85. The highest BCUT2D eigenvalue weighted by Gasteiger charge is 2.35. The minimum atomic E-state index is -1.34. The number of aldehydes is 1. The Kier molecular flexibility index (Phi) is 4.94. The van der Waals surface area contributed by atoms with E-state index in [4.69, 9.17) is 16.3 Å². The maximum atomic E-state index is 11.9. The van der Waals surface area contributed by atoms with Crippen LogP contribution in [0.15, 0.2) is 0 Å². The average molecular weight is 314 g/mol. The van der Waals surface area contributed by atoms with Crippen LogP contribution < -0.4 is 5.32 Å². The number of rotatable bonds is 3. The van der Waals surface area contributed by atoms with Crippen molar-refractivity contribution in [1.82, 2.24) is 15.5 Å². The van der Waals surface area contributed by atoms with Crippen molar-refractivity contribution in [2.24, 2.45) is 0 Å². The fraction of sp³-hybridized carbons (Fsp3) is 0.571. The predicted molar refractivity (Wildman–Crippen MR) is 79.3 cm³/mol. The predicted octanol–water partition coefficient (Wildman–Crippen LogP) is 2.69. The van der Waals surface area contributed by atoms with Crippen LogP contribution in [0.2, 0.25) is 5.15 Å². The van der Waals surface area contributed by atoms with Gasteiger partial charge in [-0.2, -0.15) is 5.10 Å². The normalized spacial score (nSPS) is 14.2. The first kappa shape index (κ1) is 17.4. The molecule has 116 valence electrons.